The molecule has 3 fully saturated rings. The van der Waals surface area contributed by atoms with Gasteiger partial charge >= 0.3 is 0 Å². The van der Waals surface area contributed by atoms with Crippen molar-refractivity contribution in [2.45, 2.75) is 75.6 Å². The number of benzene rings is 3. The van der Waals surface area contributed by atoms with Crippen molar-refractivity contribution in [2.75, 3.05) is 26.7 Å². The van der Waals surface area contributed by atoms with Crippen LogP contribution in [0.25, 0.3) is 22.2 Å². The number of likely N-dealkylation sites (N-methyl/N-ethyl adjacent to an activating group) is 1. The topological polar surface area (TPSA) is 112 Å². The predicted octanol–water partition coefficient (Wildman–Crippen LogP) is 5.18. The minimum atomic E-state index is -0.482. The second kappa shape index (κ2) is 14.5. The van der Waals surface area contributed by atoms with Gasteiger partial charge in [0.15, 0.2) is 11.6 Å². The van der Waals surface area contributed by atoms with Crippen LogP contribution in [0.4, 0.5) is 0 Å². The van der Waals surface area contributed by atoms with Crippen LogP contribution in [-0.2, 0) is 36.8 Å². The first kappa shape index (κ1) is 32.9. The van der Waals surface area contributed by atoms with Crippen molar-refractivity contribution in [1.82, 2.24) is 20.1 Å². The lowest BCUT2D eigenvalue weighted by atomic mass is 9.99. The Labute approximate surface area is 287 Å². The van der Waals surface area contributed by atoms with Crippen LogP contribution in [0.15, 0.2) is 78.9 Å². The number of carbonyl (C=O) groups excluding carboxylic acids is 4. The first-order valence-electron chi connectivity index (χ1n) is 17.6. The van der Waals surface area contributed by atoms with E-state index in [2.05, 4.69) is 16.4 Å². The number of nitrogens with zero attached hydrogens (tertiary/aromatic N) is 2. The van der Waals surface area contributed by atoms with Gasteiger partial charge in [0, 0.05) is 49.1 Å². The molecule has 0 spiro atoms. The van der Waals surface area contributed by atoms with Crippen LogP contribution < -0.4 is 5.32 Å². The molecule has 4 aromatic rings. The fraction of sp³-hybridized carbons (Fsp3) is 0.400. The highest BCUT2D eigenvalue weighted by molar-refractivity contribution is 5.94. The molecule has 1 aromatic heterocycles. The van der Waals surface area contributed by atoms with Crippen LogP contribution in [0.2, 0.25) is 0 Å². The van der Waals surface area contributed by atoms with E-state index in [1.54, 1.807) is 16.8 Å². The van der Waals surface area contributed by atoms with E-state index < -0.39 is 18.2 Å². The molecule has 0 aliphatic carbocycles. The molecule has 254 valence electrons. The summed E-state index contributed by atoms with van der Waals surface area (Å²) in [4.78, 5) is 60.3. The summed E-state index contributed by atoms with van der Waals surface area (Å²) in [6.45, 7) is 1.82. The standard InChI is InChI=1S/C40H44N4O5/c1-41-38(29-8-3-2-4-9-29)40(48)44-20-6-11-34(44)36(46)24-27-15-18-31-30(22-27)25-32(42-31)28-16-13-26(14-17-28)23-35(45)33-10-5-19-43(33)39(47)37-12-7-21-49-37/h2-4,8-9,13-18,22,25,33-34,37-38,41-42H,5-7,10-12,19-21,23-24H2,1H3/t33-,34-,37+,38+/m0/s1. The summed E-state index contributed by atoms with van der Waals surface area (Å²) < 4.78 is 5.59. The second-order valence-corrected chi connectivity index (χ2v) is 13.6. The molecule has 2 amide bonds. The number of rotatable bonds is 11. The Bertz CT molecular complexity index is 1830. The zero-order valence-corrected chi connectivity index (χ0v) is 28.0. The highest BCUT2D eigenvalue weighted by Crippen LogP contribution is 2.29. The van der Waals surface area contributed by atoms with Crippen molar-refractivity contribution in [3.63, 3.8) is 0 Å². The van der Waals surface area contributed by atoms with Crippen LogP contribution in [-0.4, -0.2) is 83.1 Å². The van der Waals surface area contributed by atoms with E-state index in [1.807, 2.05) is 72.8 Å². The van der Waals surface area contributed by atoms with E-state index in [-0.39, 0.29) is 42.3 Å². The first-order chi connectivity index (χ1) is 23.9. The van der Waals surface area contributed by atoms with Gasteiger partial charge in [0.25, 0.3) is 5.91 Å². The zero-order chi connectivity index (χ0) is 33.9. The summed E-state index contributed by atoms with van der Waals surface area (Å²) in [6.07, 6.45) is 4.83. The van der Waals surface area contributed by atoms with Gasteiger partial charge < -0.3 is 24.8 Å². The fourth-order valence-electron chi connectivity index (χ4n) is 7.82. The number of amides is 2. The molecule has 3 saturated heterocycles. The Kier molecular flexibility index (Phi) is 9.73. The van der Waals surface area contributed by atoms with E-state index in [9.17, 15) is 19.2 Å². The molecule has 4 atom stereocenters. The molecule has 4 heterocycles. The summed E-state index contributed by atoms with van der Waals surface area (Å²) >= 11 is 0. The van der Waals surface area contributed by atoms with Gasteiger partial charge in [0.1, 0.15) is 12.1 Å². The maximum absolute atomic E-state index is 13.6. The van der Waals surface area contributed by atoms with Crippen molar-refractivity contribution in [3.05, 3.63) is 95.6 Å². The number of hydrogen-bond donors (Lipinski definition) is 2. The van der Waals surface area contributed by atoms with Crippen LogP contribution in [0.5, 0.6) is 0 Å². The number of ketones is 2. The molecular weight excluding hydrogens is 616 g/mol. The Hall–Kier alpha value is -4.60. The highest BCUT2D eigenvalue weighted by Gasteiger charge is 2.39. The van der Waals surface area contributed by atoms with E-state index in [0.717, 1.165) is 64.5 Å². The molecular formula is C40H44N4O5. The van der Waals surface area contributed by atoms with Crippen LogP contribution >= 0.6 is 0 Å². The average Bonchev–Trinajstić information content (AvgIpc) is 3.95. The number of Topliss-reactive ketones (excluding diaryl/α,β-unsaturated/α-hetero) is 2. The van der Waals surface area contributed by atoms with Gasteiger partial charge in [-0.3, -0.25) is 19.2 Å². The van der Waals surface area contributed by atoms with Crippen LogP contribution in [0.3, 0.4) is 0 Å². The van der Waals surface area contributed by atoms with Crippen molar-refractivity contribution >= 4 is 34.3 Å². The number of aromatic amines is 1. The Morgan fingerprint density at radius 3 is 2.16 bits per heavy atom. The number of aromatic nitrogens is 1. The predicted molar refractivity (Wildman–Crippen MR) is 188 cm³/mol. The maximum Gasteiger partial charge on any atom is 0.252 e. The van der Waals surface area contributed by atoms with Crippen LogP contribution in [0.1, 0.15) is 61.3 Å². The van der Waals surface area contributed by atoms with E-state index in [4.69, 9.17) is 4.74 Å². The van der Waals surface area contributed by atoms with Gasteiger partial charge in [-0.1, -0.05) is 60.7 Å². The largest absolute Gasteiger partial charge is 0.368 e. The number of likely N-dealkylation sites (tertiary alicyclic amines) is 2. The summed E-state index contributed by atoms with van der Waals surface area (Å²) in [5.41, 5.74) is 5.66. The fourth-order valence-corrected chi connectivity index (χ4v) is 7.82. The lowest BCUT2D eigenvalue weighted by molar-refractivity contribution is -0.145. The number of H-pyrrole nitrogens is 1. The molecule has 2 N–H and O–H groups in total. The summed E-state index contributed by atoms with van der Waals surface area (Å²) in [6, 6.07) is 24.5. The highest BCUT2D eigenvalue weighted by atomic mass is 16.5. The van der Waals surface area contributed by atoms with E-state index in [1.165, 1.54) is 0 Å². The van der Waals surface area contributed by atoms with Gasteiger partial charge in [-0.25, -0.2) is 0 Å². The first-order valence-corrected chi connectivity index (χ1v) is 17.6. The third-order valence-electron chi connectivity index (χ3n) is 10.4. The molecule has 0 radical (unpaired) electrons. The molecule has 3 aliphatic rings. The summed E-state index contributed by atoms with van der Waals surface area (Å²) in [7, 11) is 1.78. The number of nitrogens with one attached hydrogen (secondary N) is 2. The molecule has 9 nitrogen and oxygen atoms in total. The molecule has 7 rings (SSSR count). The van der Waals surface area contributed by atoms with Gasteiger partial charge in [0.2, 0.25) is 5.91 Å². The number of carbonyl (C=O) groups is 4. The molecule has 3 aromatic carbocycles. The Morgan fingerprint density at radius 1 is 0.796 bits per heavy atom. The van der Waals surface area contributed by atoms with E-state index in [0.29, 0.717) is 32.5 Å². The molecule has 9 heteroatoms. The van der Waals surface area contributed by atoms with Gasteiger partial charge in [-0.05, 0) is 86.0 Å². The lowest BCUT2D eigenvalue weighted by Crippen LogP contribution is -2.46. The summed E-state index contributed by atoms with van der Waals surface area (Å²) in [5.74, 6) is 0.0428. The van der Waals surface area contributed by atoms with Gasteiger partial charge in [-0.2, -0.15) is 0 Å². The third kappa shape index (κ3) is 6.96. The smallest absolute Gasteiger partial charge is 0.252 e. The minimum Gasteiger partial charge on any atom is -0.368 e. The molecule has 0 unspecified atom stereocenters. The van der Waals surface area contributed by atoms with Crippen molar-refractivity contribution in [1.29, 1.82) is 0 Å². The Balaban J connectivity index is 0.986. The van der Waals surface area contributed by atoms with Crippen LogP contribution in [0, 0.1) is 0 Å². The molecule has 49 heavy (non-hydrogen) atoms. The molecule has 3 aliphatic heterocycles. The van der Waals surface area contributed by atoms with E-state index >= 15 is 0 Å². The zero-order valence-electron chi connectivity index (χ0n) is 28.0. The quantitative estimate of drug-likeness (QED) is 0.230. The summed E-state index contributed by atoms with van der Waals surface area (Å²) in [5, 5.41) is 4.15. The number of ether oxygens (including phenoxy) is 1. The van der Waals surface area contributed by atoms with Gasteiger partial charge in [-0.15, -0.1) is 0 Å². The van der Waals surface area contributed by atoms with Gasteiger partial charge in [0.05, 0.1) is 12.1 Å². The second-order valence-electron chi connectivity index (χ2n) is 13.6. The normalized spacial score (nSPS) is 21.4. The maximum atomic E-state index is 13.6. The Morgan fingerprint density at radius 2 is 1.47 bits per heavy atom. The lowest BCUT2D eigenvalue weighted by Gasteiger charge is -2.28. The monoisotopic (exact) mass is 660 g/mol. The minimum absolute atomic E-state index is 0.0351. The SMILES string of the molecule is CN[C@@H](C(=O)N1CCC[C@H]1C(=O)Cc1ccc2[nH]c(-c3ccc(CC(=O)[C@@H]4CCCN4C(=O)[C@H]4CCCO4)cc3)cc2c1)c1ccccc1. The molecule has 0 bridgehead atoms. The number of fused-ring (bicyclic) bond motifs is 1. The third-order valence-corrected chi connectivity index (χ3v) is 10.4. The number of hydrogen-bond acceptors (Lipinski definition) is 6. The van der Waals surface area contributed by atoms with Crippen molar-refractivity contribution < 1.29 is 23.9 Å². The molecule has 0 saturated carbocycles. The van der Waals surface area contributed by atoms with Crippen molar-refractivity contribution in [2.24, 2.45) is 0 Å². The average molecular weight is 661 g/mol. The van der Waals surface area contributed by atoms with Crippen molar-refractivity contribution in [3.8, 4) is 11.3 Å².